The molecule has 1 aliphatic heterocycles. The first kappa shape index (κ1) is 16.7. The Labute approximate surface area is 161 Å². The van der Waals surface area contributed by atoms with Crippen molar-refractivity contribution in [3.63, 3.8) is 0 Å². The Balaban J connectivity index is 1.87. The third-order valence-corrected chi connectivity index (χ3v) is 5.57. The van der Waals surface area contributed by atoms with Crippen LogP contribution in [0, 0.1) is 0 Å². The van der Waals surface area contributed by atoms with E-state index in [1.165, 1.54) is 35.2 Å². The van der Waals surface area contributed by atoms with Gasteiger partial charge < -0.3 is 4.90 Å². The molecule has 2 heterocycles. The maximum Gasteiger partial charge on any atom is 0.0822 e. The van der Waals surface area contributed by atoms with E-state index >= 15 is 0 Å². The molecule has 1 saturated heterocycles. The van der Waals surface area contributed by atoms with Gasteiger partial charge in [0.25, 0.3) is 0 Å². The monoisotopic (exact) mass is 415 g/mol. The second-order valence-corrected chi connectivity index (χ2v) is 7.73. The molecule has 128 valence electrons. The van der Waals surface area contributed by atoms with Crippen molar-refractivity contribution in [3.8, 4) is 22.4 Å². The standard InChI is InChI=1S/C20H19BrClN3/c1-24-20(19(21)13-23-24)16-10-15(14-4-6-17(22)7-5-14)11-18(12-16)25-8-2-3-9-25/h4-7,10-13H,2-3,8-9H2,1H3. The first-order chi connectivity index (χ1) is 12.1. The highest BCUT2D eigenvalue weighted by Gasteiger charge is 2.17. The van der Waals surface area contributed by atoms with E-state index in [-0.39, 0.29) is 0 Å². The number of hydrogen-bond acceptors (Lipinski definition) is 2. The van der Waals surface area contributed by atoms with Crippen LogP contribution in [0.4, 0.5) is 5.69 Å². The van der Waals surface area contributed by atoms with Crippen LogP contribution in [-0.4, -0.2) is 22.9 Å². The topological polar surface area (TPSA) is 21.1 Å². The molecule has 0 atom stereocenters. The lowest BCUT2D eigenvalue weighted by atomic mass is 10.00. The minimum Gasteiger partial charge on any atom is -0.371 e. The van der Waals surface area contributed by atoms with Crippen LogP contribution in [0.5, 0.6) is 0 Å². The number of halogens is 2. The van der Waals surface area contributed by atoms with Gasteiger partial charge in [0.1, 0.15) is 0 Å². The van der Waals surface area contributed by atoms with Crippen LogP contribution >= 0.6 is 27.5 Å². The van der Waals surface area contributed by atoms with Gasteiger partial charge in [0.15, 0.2) is 0 Å². The van der Waals surface area contributed by atoms with Gasteiger partial charge in [-0.3, -0.25) is 4.68 Å². The van der Waals surface area contributed by atoms with Crippen molar-refractivity contribution in [2.75, 3.05) is 18.0 Å². The second-order valence-electron chi connectivity index (χ2n) is 6.43. The summed E-state index contributed by atoms with van der Waals surface area (Å²) in [5.74, 6) is 0. The van der Waals surface area contributed by atoms with E-state index in [9.17, 15) is 0 Å². The van der Waals surface area contributed by atoms with Crippen molar-refractivity contribution in [3.05, 3.63) is 58.2 Å². The highest BCUT2D eigenvalue weighted by Crippen LogP contribution is 2.36. The zero-order valence-electron chi connectivity index (χ0n) is 14.0. The van der Waals surface area contributed by atoms with E-state index in [1.54, 1.807) is 0 Å². The first-order valence-electron chi connectivity index (χ1n) is 8.46. The fourth-order valence-electron chi connectivity index (χ4n) is 3.45. The summed E-state index contributed by atoms with van der Waals surface area (Å²) < 4.78 is 2.93. The Bertz CT molecular complexity index is 876. The Morgan fingerprint density at radius 1 is 0.960 bits per heavy atom. The van der Waals surface area contributed by atoms with Gasteiger partial charge in [-0.2, -0.15) is 5.10 Å². The van der Waals surface area contributed by atoms with Gasteiger partial charge in [0.05, 0.1) is 16.4 Å². The number of hydrogen-bond donors (Lipinski definition) is 0. The third-order valence-electron chi connectivity index (χ3n) is 4.73. The average Bonchev–Trinajstić information content (AvgIpc) is 3.25. The minimum absolute atomic E-state index is 0.758. The van der Waals surface area contributed by atoms with Crippen LogP contribution in [0.3, 0.4) is 0 Å². The summed E-state index contributed by atoms with van der Waals surface area (Å²) in [6.07, 6.45) is 4.37. The molecule has 1 aliphatic rings. The van der Waals surface area contributed by atoms with Gasteiger partial charge in [0.2, 0.25) is 0 Å². The fraction of sp³-hybridized carbons (Fsp3) is 0.250. The lowest BCUT2D eigenvalue weighted by Gasteiger charge is -2.20. The highest BCUT2D eigenvalue weighted by molar-refractivity contribution is 9.10. The molecule has 0 spiro atoms. The largest absolute Gasteiger partial charge is 0.371 e. The third kappa shape index (κ3) is 3.33. The SMILES string of the molecule is Cn1ncc(Br)c1-c1cc(-c2ccc(Cl)cc2)cc(N2CCCC2)c1. The summed E-state index contributed by atoms with van der Waals surface area (Å²) >= 11 is 9.70. The molecule has 0 bridgehead atoms. The van der Waals surface area contributed by atoms with Crippen LogP contribution in [0.25, 0.3) is 22.4 Å². The molecule has 2 aromatic carbocycles. The van der Waals surface area contributed by atoms with Gasteiger partial charge in [-0.15, -0.1) is 0 Å². The summed E-state index contributed by atoms with van der Waals surface area (Å²) in [7, 11) is 1.98. The van der Waals surface area contributed by atoms with E-state index in [1.807, 2.05) is 30.1 Å². The second kappa shape index (κ2) is 6.85. The van der Waals surface area contributed by atoms with E-state index in [0.29, 0.717) is 0 Å². The molecular formula is C20H19BrClN3. The highest BCUT2D eigenvalue weighted by atomic mass is 79.9. The van der Waals surface area contributed by atoms with Gasteiger partial charge in [-0.1, -0.05) is 23.7 Å². The molecule has 5 heteroatoms. The Kier molecular flexibility index (Phi) is 4.57. The van der Waals surface area contributed by atoms with Crippen molar-refractivity contribution in [2.45, 2.75) is 12.8 Å². The van der Waals surface area contributed by atoms with Crippen LogP contribution in [0.2, 0.25) is 5.02 Å². The van der Waals surface area contributed by atoms with Crippen molar-refractivity contribution in [2.24, 2.45) is 7.05 Å². The maximum absolute atomic E-state index is 6.06. The molecule has 25 heavy (non-hydrogen) atoms. The van der Waals surface area contributed by atoms with Crippen LogP contribution in [0.1, 0.15) is 12.8 Å². The molecule has 1 aromatic heterocycles. The number of benzene rings is 2. The summed E-state index contributed by atoms with van der Waals surface area (Å²) in [5, 5.41) is 5.13. The summed E-state index contributed by atoms with van der Waals surface area (Å²) in [6, 6.07) is 14.8. The number of nitrogens with zero attached hydrogens (tertiary/aromatic N) is 3. The summed E-state index contributed by atoms with van der Waals surface area (Å²) in [5.41, 5.74) is 5.90. The van der Waals surface area contributed by atoms with Crippen molar-refractivity contribution in [1.29, 1.82) is 0 Å². The lowest BCUT2D eigenvalue weighted by molar-refractivity contribution is 0.775. The molecule has 3 aromatic rings. The molecule has 0 amide bonds. The normalized spacial score (nSPS) is 14.3. The van der Waals surface area contributed by atoms with Crippen molar-refractivity contribution < 1.29 is 0 Å². The molecule has 0 radical (unpaired) electrons. The first-order valence-corrected chi connectivity index (χ1v) is 9.63. The predicted octanol–water partition coefficient (Wildman–Crippen LogP) is 5.77. The molecule has 0 unspecified atom stereocenters. The number of anilines is 1. The number of rotatable bonds is 3. The summed E-state index contributed by atoms with van der Waals surface area (Å²) in [6.45, 7) is 2.24. The molecule has 1 fully saturated rings. The summed E-state index contributed by atoms with van der Waals surface area (Å²) in [4.78, 5) is 2.47. The van der Waals surface area contributed by atoms with Crippen molar-refractivity contribution >= 4 is 33.2 Å². The van der Waals surface area contributed by atoms with Crippen molar-refractivity contribution in [1.82, 2.24) is 9.78 Å². The van der Waals surface area contributed by atoms with Gasteiger partial charge >= 0.3 is 0 Å². The van der Waals surface area contributed by atoms with Crippen LogP contribution < -0.4 is 4.90 Å². The zero-order chi connectivity index (χ0) is 17.4. The Morgan fingerprint density at radius 3 is 2.28 bits per heavy atom. The van der Waals surface area contributed by atoms with Gasteiger partial charge in [-0.05, 0) is 70.2 Å². The molecule has 0 N–H and O–H groups in total. The number of aryl methyl sites for hydroxylation is 1. The van der Waals surface area contributed by atoms with Gasteiger partial charge in [-0.25, -0.2) is 0 Å². The molecule has 0 saturated carbocycles. The Hall–Kier alpha value is -1.78. The molecule has 3 nitrogen and oxygen atoms in total. The average molecular weight is 417 g/mol. The van der Waals surface area contributed by atoms with E-state index in [0.717, 1.165) is 28.3 Å². The smallest absolute Gasteiger partial charge is 0.0822 e. The predicted molar refractivity (Wildman–Crippen MR) is 108 cm³/mol. The number of aromatic nitrogens is 2. The van der Waals surface area contributed by atoms with Crippen LogP contribution in [0.15, 0.2) is 53.1 Å². The molecular weight excluding hydrogens is 398 g/mol. The maximum atomic E-state index is 6.06. The Morgan fingerprint density at radius 2 is 1.64 bits per heavy atom. The van der Waals surface area contributed by atoms with E-state index in [2.05, 4.69) is 56.3 Å². The molecule has 0 aliphatic carbocycles. The lowest BCUT2D eigenvalue weighted by Crippen LogP contribution is -2.17. The van der Waals surface area contributed by atoms with E-state index in [4.69, 9.17) is 11.6 Å². The fourth-order valence-corrected chi connectivity index (χ4v) is 4.15. The van der Waals surface area contributed by atoms with Gasteiger partial charge in [0, 0.05) is 36.4 Å². The van der Waals surface area contributed by atoms with Crippen LogP contribution in [-0.2, 0) is 7.05 Å². The zero-order valence-corrected chi connectivity index (χ0v) is 16.4. The minimum atomic E-state index is 0.758. The molecule has 4 rings (SSSR count). The quantitative estimate of drug-likeness (QED) is 0.540. The van der Waals surface area contributed by atoms with E-state index < -0.39 is 0 Å².